The molecule has 0 unspecified atom stereocenters. The molecular weight excluding hydrogens is 234 g/mol. The van der Waals surface area contributed by atoms with Crippen molar-refractivity contribution in [2.45, 2.75) is 6.92 Å². The minimum absolute atomic E-state index is 0.754. The molecule has 0 bridgehead atoms. The summed E-state index contributed by atoms with van der Waals surface area (Å²) in [5.74, 6) is -0.921. The van der Waals surface area contributed by atoms with Gasteiger partial charge in [0.05, 0.1) is 10.6 Å². The van der Waals surface area contributed by atoms with Gasteiger partial charge in [-0.1, -0.05) is 6.07 Å². The molecule has 0 fully saturated rings. The highest BCUT2D eigenvalue weighted by Gasteiger charge is 2.05. The van der Waals surface area contributed by atoms with Crippen LogP contribution < -0.4 is 0 Å². The van der Waals surface area contributed by atoms with E-state index in [9.17, 15) is 4.79 Å². The maximum Gasteiger partial charge on any atom is 0.328 e. The molecule has 0 saturated heterocycles. The van der Waals surface area contributed by atoms with Crippen molar-refractivity contribution in [3.05, 3.63) is 47.5 Å². The Balaban J connectivity index is 2.31. The molecule has 0 aliphatic heterocycles. The van der Waals surface area contributed by atoms with E-state index in [0.29, 0.717) is 0 Å². The van der Waals surface area contributed by atoms with E-state index in [4.69, 9.17) is 5.11 Å². The monoisotopic (exact) mass is 245 g/mol. The molecule has 2 aromatic heterocycles. The molecule has 0 aliphatic rings. The Morgan fingerprint density at radius 2 is 2.18 bits per heavy atom. The van der Waals surface area contributed by atoms with E-state index in [0.717, 1.165) is 21.0 Å². The molecule has 1 N–H and O–H groups in total. The highest BCUT2D eigenvalue weighted by molar-refractivity contribution is 7.16. The Morgan fingerprint density at radius 3 is 2.82 bits per heavy atom. The average molecular weight is 245 g/mol. The zero-order valence-corrected chi connectivity index (χ0v) is 10.1. The quantitative estimate of drug-likeness (QED) is 0.844. The van der Waals surface area contributed by atoms with Crippen LogP contribution in [0.25, 0.3) is 16.1 Å². The first-order valence-electron chi connectivity index (χ1n) is 5.09. The number of hydrogen-bond acceptors (Lipinski definition) is 3. The van der Waals surface area contributed by atoms with Gasteiger partial charge in [0.1, 0.15) is 0 Å². The predicted octanol–water partition coefficient (Wildman–Crippen LogP) is 3.30. The van der Waals surface area contributed by atoms with Crippen molar-refractivity contribution in [3.8, 4) is 10.6 Å². The van der Waals surface area contributed by atoms with Crippen molar-refractivity contribution >= 4 is 22.9 Å². The molecule has 0 aliphatic carbocycles. The summed E-state index contributed by atoms with van der Waals surface area (Å²) in [6, 6.07) is 9.62. The Kier molecular flexibility index (Phi) is 3.35. The van der Waals surface area contributed by atoms with Crippen LogP contribution >= 0.6 is 11.3 Å². The van der Waals surface area contributed by atoms with Crippen LogP contribution in [0.4, 0.5) is 0 Å². The SMILES string of the molecule is C/C(=C\C(=O)O)c1ccc(-c2ccccn2)s1. The predicted molar refractivity (Wildman–Crippen MR) is 68.8 cm³/mol. The number of nitrogens with zero attached hydrogens (tertiary/aromatic N) is 1. The lowest BCUT2D eigenvalue weighted by molar-refractivity contribution is -0.131. The van der Waals surface area contributed by atoms with Crippen molar-refractivity contribution < 1.29 is 9.90 Å². The minimum Gasteiger partial charge on any atom is -0.478 e. The summed E-state index contributed by atoms with van der Waals surface area (Å²) in [6.45, 7) is 1.79. The summed E-state index contributed by atoms with van der Waals surface area (Å²) < 4.78 is 0. The van der Waals surface area contributed by atoms with Crippen molar-refractivity contribution in [2.75, 3.05) is 0 Å². The Bertz CT molecular complexity index is 558. The van der Waals surface area contributed by atoms with Gasteiger partial charge < -0.3 is 5.11 Å². The second-order valence-corrected chi connectivity index (χ2v) is 4.63. The average Bonchev–Trinajstić information content (AvgIpc) is 2.78. The van der Waals surface area contributed by atoms with Gasteiger partial charge in [0, 0.05) is 17.2 Å². The number of carbonyl (C=O) groups is 1. The molecule has 17 heavy (non-hydrogen) atoms. The van der Waals surface area contributed by atoms with Crippen LogP contribution in [-0.2, 0) is 4.79 Å². The van der Waals surface area contributed by atoms with Crippen LogP contribution in [0.3, 0.4) is 0 Å². The summed E-state index contributed by atoms with van der Waals surface area (Å²) in [6.07, 6.45) is 2.96. The molecule has 0 saturated carbocycles. The molecular formula is C13H11NO2S. The number of carboxylic acids is 1. The molecule has 3 nitrogen and oxygen atoms in total. The van der Waals surface area contributed by atoms with Crippen LogP contribution in [0.5, 0.6) is 0 Å². The maximum absolute atomic E-state index is 10.6. The topological polar surface area (TPSA) is 50.2 Å². The summed E-state index contributed by atoms with van der Waals surface area (Å²) >= 11 is 1.54. The number of allylic oxidation sites excluding steroid dienone is 1. The maximum atomic E-state index is 10.6. The van der Waals surface area contributed by atoms with Gasteiger partial charge in [-0.25, -0.2) is 4.79 Å². The highest BCUT2D eigenvalue weighted by atomic mass is 32.1. The highest BCUT2D eigenvalue weighted by Crippen LogP contribution is 2.30. The third-order valence-corrected chi connectivity index (χ3v) is 3.50. The van der Waals surface area contributed by atoms with E-state index in [1.54, 1.807) is 24.5 Å². The van der Waals surface area contributed by atoms with E-state index >= 15 is 0 Å². The molecule has 0 amide bonds. The number of thiophene rings is 1. The number of rotatable bonds is 3. The second kappa shape index (κ2) is 4.93. The lowest BCUT2D eigenvalue weighted by Crippen LogP contribution is -1.88. The van der Waals surface area contributed by atoms with E-state index in [-0.39, 0.29) is 0 Å². The van der Waals surface area contributed by atoms with Crippen LogP contribution in [-0.4, -0.2) is 16.1 Å². The Morgan fingerprint density at radius 1 is 1.35 bits per heavy atom. The lowest BCUT2D eigenvalue weighted by Gasteiger charge is -1.95. The molecule has 2 aromatic rings. The van der Waals surface area contributed by atoms with E-state index < -0.39 is 5.97 Å². The normalized spacial score (nSPS) is 11.5. The van der Waals surface area contributed by atoms with E-state index in [1.807, 2.05) is 30.3 Å². The lowest BCUT2D eigenvalue weighted by atomic mass is 10.2. The fraction of sp³-hybridized carbons (Fsp3) is 0.0769. The number of hydrogen-bond donors (Lipinski definition) is 1. The second-order valence-electron chi connectivity index (χ2n) is 3.54. The first kappa shape index (κ1) is 11.5. The van der Waals surface area contributed by atoms with Crippen LogP contribution in [0.2, 0.25) is 0 Å². The molecule has 0 aromatic carbocycles. The Hall–Kier alpha value is -1.94. The summed E-state index contributed by atoms with van der Waals surface area (Å²) in [4.78, 5) is 16.8. The van der Waals surface area contributed by atoms with Gasteiger partial charge in [-0.3, -0.25) is 4.98 Å². The van der Waals surface area contributed by atoms with Gasteiger partial charge in [0.2, 0.25) is 0 Å². The van der Waals surface area contributed by atoms with Crippen molar-refractivity contribution in [2.24, 2.45) is 0 Å². The number of pyridine rings is 1. The molecule has 86 valence electrons. The molecule has 0 spiro atoms. The smallest absolute Gasteiger partial charge is 0.328 e. The van der Waals surface area contributed by atoms with Crippen molar-refractivity contribution in [3.63, 3.8) is 0 Å². The number of aromatic nitrogens is 1. The minimum atomic E-state index is -0.921. The standard InChI is InChI=1S/C13H11NO2S/c1-9(8-13(15)16)11-5-6-12(17-11)10-4-2-3-7-14-10/h2-8H,1H3,(H,15,16)/b9-8+. The summed E-state index contributed by atoms with van der Waals surface area (Å²) in [5, 5.41) is 8.68. The third kappa shape index (κ3) is 2.79. The Labute approximate surface area is 103 Å². The molecule has 4 heteroatoms. The molecule has 2 heterocycles. The van der Waals surface area contributed by atoms with E-state index in [2.05, 4.69) is 4.98 Å². The van der Waals surface area contributed by atoms with Crippen LogP contribution in [0.15, 0.2) is 42.6 Å². The van der Waals surface area contributed by atoms with Crippen molar-refractivity contribution in [1.82, 2.24) is 4.98 Å². The first-order chi connectivity index (χ1) is 8.16. The number of aliphatic carboxylic acids is 1. The fourth-order valence-corrected chi connectivity index (χ4v) is 2.41. The largest absolute Gasteiger partial charge is 0.478 e. The van der Waals surface area contributed by atoms with Gasteiger partial charge in [0.25, 0.3) is 0 Å². The van der Waals surface area contributed by atoms with Crippen LogP contribution in [0.1, 0.15) is 11.8 Å². The van der Waals surface area contributed by atoms with Gasteiger partial charge in [-0.2, -0.15) is 0 Å². The molecule has 0 atom stereocenters. The summed E-state index contributed by atoms with van der Waals surface area (Å²) in [7, 11) is 0. The van der Waals surface area contributed by atoms with Crippen LogP contribution in [0, 0.1) is 0 Å². The van der Waals surface area contributed by atoms with Gasteiger partial charge >= 0.3 is 5.97 Å². The fourth-order valence-electron chi connectivity index (χ4n) is 1.45. The van der Waals surface area contributed by atoms with Gasteiger partial charge in [-0.05, 0) is 36.8 Å². The van der Waals surface area contributed by atoms with Crippen molar-refractivity contribution in [1.29, 1.82) is 0 Å². The third-order valence-electron chi connectivity index (χ3n) is 2.25. The first-order valence-corrected chi connectivity index (χ1v) is 5.91. The zero-order valence-electron chi connectivity index (χ0n) is 9.25. The van der Waals surface area contributed by atoms with Gasteiger partial charge in [-0.15, -0.1) is 11.3 Å². The molecule has 0 radical (unpaired) electrons. The van der Waals surface area contributed by atoms with Gasteiger partial charge in [0.15, 0.2) is 0 Å². The summed E-state index contributed by atoms with van der Waals surface area (Å²) in [5.41, 5.74) is 1.66. The zero-order chi connectivity index (χ0) is 12.3. The number of carboxylic acid groups (broad SMARTS) is 1. The van der Waals surface area contributed by atoms with E-state index in [1.165, 1.54) is 6.08 Å². The molecule has 2 rings (SSSR count).